The summed E-state index contributed by atoms with van der Waals surface area (Å²) in [6.07, 6.45) is 0.0712. The van der Waals surface area contributed by atoms with Gasteiger partial charge in [-0.15, -0.1) is 0 Å². The zero-order valence-electron chi connectivity index (χ0n) is 15.6. The molecule has 7 heteroatoms. The molecule has 0 saturated carbocycles. The smallest absolute Gasteiger partial charge is 0.262 e. The van der Waals surface area contributed by atoms with Crippen molar-refractivity contribution in [3.05, 3.63) is 101 Å². The fourth-order valence-corrected chi connectivity index (χ4v) is 3.43. The van der Waals surface area contributed by atoms with Gasteiger partial charge >= 0.3 is 0 Å². The van der Waals surface area contributed by atoms with Crippen molar-refractivity contribution in [2.24, 2.45) is 0 Å². The van der Waals surface area contributed by atoms with Crippen LogP contribution in [-0.4, -0.2) is 28.7 Å². The third kappa shape index (κ3) is 3.57. The maximum atomic E-state index is 13.5. The van der Waals surface area contributed by atoms with Crippen molar-refractivity contribution >= 4 is 23.4 Å². The van der Waals surface area contributed by atoms with E-state index in [9.17, 15) is 23.2 Å². The van der Waals surface area contributed by atoms with E-state index < -0.39 is 35.4 Å². The van der Waals surface area contributed by atoms with Crippen molar-refractivity contribution < 1.29 is 23.2 Å². The molecule has 3 amide bonds. The second-order valence-electron chi connectivity index (χ2n) is 6.85. The number of carbonyl (C=O) groups excluding carboxylic acids is 3. The summed E-state index contributed by atoms with van der Waals surface area (Å²) in [4.78, 5) is 39.8. The standard InChI is InChI=1S/C23H16F2N2O3/c24-18-11-10-15(13-19(18)25)26-21(28)20(12-14-6-2-1-3-7-14)27-22(29)16-8-4-5-9-17(16)23(27)30/h1-11,13,20H,12H2,(H,26,28). The van der Waals surface area contributed by atoms with Gasteiger partial charge in [-0.1, -0.05) is 42.5 Å². The number of nitrogens with one attached hydrogen (secondary N) is 1. The quantitative estimate of drug-likeness (QED) is 0.656. The van der Waals surface area contributed by atoms with Crippen LogP contribution in [0.3, 0.4) is 0 Å². The molecule has 1 aliphatic rings. The highest BCUT2D eigenvalue weighted by molar-refractivity contribution is 6.23. The Balaban J connectivity index is 1.68. The zero-order valence-corrected chi connectivity index (χ0v) is 15.6. The van der Waals surface area contributed by atoms with Gasteiger partial charge in [0.05, 0.1) is 11.1 Å². The molecule has 0 fully saturated rings. The summed E-state index contributed by atoms with van der Waals surface area (Å²) < 4.78 is 26.7. The number of fused-ring (bicyclic) bond motifs is 1. The summed E-state index contributed by atoms with van der Waals surface area (Å²) in [7, 11) is 0. The van der Waals surface area contributed by atoms with Gasteiger partial charge in [0.1, 0.15) is 6.04 Å². The molecule has 1 heterocycles. The third-order valence-electron chi connectivity index (χ3n) is 4.90. The molecule has 1 aliphatic heterocycles. The van der Waals surface area contributed by atoms with Crippen LogP contribution in [0.25, 0.3) is 0 Å². The van der Waals surface area contributed by atoms with Crippen LogP contribution in [0.15, 0.2) is 72.8 Å². The SMILES string of the molecule is O=C(Nc1ccc(F)c(F)c1)C(Cc1ccccc1)N1C(=O)c2ccccc2C1=O. The van der Waals surface area contributed by atoms with Crippen molar-refractivity contribution in [2.45, 2.75) is 12.5 Å². The molecule has 5 nitrogen and oxygen atoms in total. The highest BCUT2D eigenvalue weighted by Gasteiger charge is 2.42. The van der Waals surface area contributed by atoms with Gasteiger partial charge in [0.25, 0.3) is 11.8 Å². The van der Waals surface area contributed by atoms with Gasteiger partial charge in [-0.2, -0.15) is 0 Å². The lowest BCUT2D eigenvalue weighted by Gasteiger charge is -2.25. The van der Waals surface area contributed by atoms with Crippen LogP contribution in [-0.2, 0) is 11.2 Å². The van der Waals surface area contributed by atoms with Crippen molar-refractivity contribution in [1.29, 1.82) is 0 Å². The molecule has 3 aromatic rings. The maximum absolute atomic E-state index is 13.5. The largest absolute Gasteiger partial charge is 0.324 e. The zero-order chi connectivity index (χ0) is 21.3. The lowest BCUT2D eigenvalue weighted by molar-refractivity contribution is -0.119. The molecule has 3 aromatic carbocycles. The van der Waals surface area contributed by atoms with Gasteiger partial charge in [0.15, 0.2) is 11.6 Å². The van der Waals surface area contributed by atoms with Crippen LogP contribution in [0.2, 0.25) is 0 Å². The number of imide groups is 1. The van der Waals surface area contributed by atoms with Gasteiger partial charge in [0, 0.05) is 18.2 Å². The molecule has 0 aromatic heterocycles. The average Bonchev–Trinajstić information content (AvgIpc) is 3.00. The second kappa shape index (κ2) is 7.87. The van der Waals surface area contributed by atoms with Crippen molar-refractivity contribution in [1.82, 2.24) is 4.90 Å². The lowest BCUT2D eigenvalue weighted by atomic mass is 10.0. The van der Waals surface area contributed by atoms with E-state index in [1.54, 1.807) is 36.4 Å². The fraction of sp³-hybridized carbons (Fsp3) is 0.0870. The van der Waals surface area contributed by atoms with E-state index >= 15 is 0 Å². The van der Waals surface area contributed by atoms with Gasteiger partial charge in [0.2, 0.25) is 5.91 Å². The molecule has 1 N–H and O–H groups in total. The highest BCUT2D eigenvalue weighted by atomic mass is 19.2. The Morgan fingerprint density at radius 2 is 1.43 bits per heavy atom. The Kier molecular flexibility index (Phi) is 5.10. The molecule has 4 rings (SSSR count). The third-order valence-corrected chi connectivity index (χ3v) is 4.90. The van der Waals surface area contributed by atoms with Crippen LogP contribution in [0.1, 0.15) is 26.3 Å². The highest BCUT2D eigenvalue weighted by Crippen LogP contribution is 2.27. The van der Waals surface area contributed by atoms with Crippen molar-refractivity contribution in [3.8, 4) is 0 Å². The summed E-state index contributed by atoms with van der Waals surface area (Å²) in [5, 5.41) is 2.48. The maximum Gasteiger partial charge on any atom is 0.262 e. The minimum Gasteiger partial charge on any atom is -0.324 e. The Morgan fingerprint density at radius 1 is 0.833 bits per heavy atom. The molecule has 0 bridgehead atoms. The van der Waals surface area contributed by atoms with E-state index in [1.807, 2.05) is 6.07 Å². The number of halogens is 2. The number of hydrogen-bond acceptors (Lipinski definition) is 3. The van der Waals surface area contributed by atoms with Gasteiger partial charge < -0.3 is 5.32 Å². The Hall–Kier alpha value is -3.87. The average molecular weight is 406 g/mol. The number of hydrogen-bond donors (Lipinski definition) is 1. The van der Waals surface area contributed by atoms with E-state index in [-0.39, 0.29) is 23.2 Å². The molecule has 150 valence electrons. The van der Waals surface area contributed by atoms with Crippen LogP contribution < -0.4 is 5.32 Å². The van der Waals surface area contributed by atoms with Gasteiger partial charge in [-0.3, -0.25) is 19.3 Å². The minimum atomic E-state index is -1.17. The monoisotopic (exact) mass is 406 g/mol. The van der Waals surface area contributed by atoms with E-state index in [4.69, 9.17) is 0 Å². The molecule has 1 unspecified atom stereocenters. The number of carbonyl (C=O) groups is 3. The molecule has 30 heavy (non-hydrogen) atoms. The normalized spacial score (nSPS) is 13.9. The van der Waals surface area contributed by atoms with Crippen LogP contribution in [0.5, 0.6) is 0 Å². The topological polar surface area (TPSA) is 66.5 Å². The Labute approximate surface area is 170 Å². The Bertz CT molecular complexity index is 1110. The summed E-state index contributed by atoms with van der Waals surface area (Å²) in [6, 6.07) is 17.0. The van der Waals surface area contributed by atoms with Gasteiger partial charge in [-0.05, 0) is 29.8 Å². The van der Waals surface area contributed by atoms with Gasteiger partial charge in [-0.25, -0.2) is 8.78 Å². The predicted octanol–water partition coefficient (Wildman–Crippen LogP) is 3.81. The van der Waals surface area contributed by atoms with Crippen LogP contribution in [0, 0.1) is 11.6 Å². The molecular weight excluding hydrogens is 390 g/mol. The first-order valence-corrected chi connectivity index (χ1v) is 9.22. The second-order valence-corrected chi connectivity index (χ2v) is 6.85. The number of amides is 3. The molecule has 0 spiro atoms. The molecule has 0 aliphatic carbocycles. The van der Waals surface area contributed by atoms with Crippen molar-refractivity contribution in [3.63, 3.8) is 0 Å². The summed E-state index contributed by atoms with van der Waals surface area (Å²) in [5.74, 6) is -3.99. The van der Waals surface area contributed by atoms with E-state index in [1.165, 1.54) is 18.2 Å². The summed E-state index contributed by atoms with van der Waals surface area (Å²) in [6.45, 7) is 0. The molecule has 0 radical (unpaired) electrons. The van der Waals surface area contributed by atoms with E-state index in [0.29, 0.717) is 0 Å². The first-order valence-electron chi connectivity index (χ1n) is 9.22. The van der Waals surface area contributed by atoms with Crippen molar-refractivity contribution in [2.75, 3.05) is 5.32 Å². The predicted molar refractivity (Wildman–Crippen MR) is 106 cm³/mol. The number of nitrogens with zero attached hydrogens (tertiary/aromatic N) is 1. The fourth-order valence-electron chi connectivity index (χ4n) is 3.43. The first kappa shape index (κ1) is 19.4. The minimum absolute atomic E-state index is 0.0218. The van der Waals surface area contributed by atoms with Crippen LogP contribution in [0.4, 0.5) is 14.5 Å². The van der Waals surface area contributed by atoms with E-state index in [2.05, 4.69) is 5.32 Å². The Morgan fingerprint density at radius 3 is 2.03 bits per heavy atom. The summed E-state index contributed by atoms with van der Waals surface area (Å²) in [5.41, 5.74) is 1.20. The van der Waals surface area contributed by atoms with Crippen LogP contribution >= 0.6 is 0 Å². The number of rotatable bonds is 5. The lowest BCUT2D eigenvalue weighted by Crippen LogP contribution is -2.48. The molecule has 0 saturated heterocycles. The molecular formula is C23H16F2N2O3. The van der Waals surface area contributed by atoms with E-state index in [0.717, 1.165) is 22.6 Å². The number of anilines is 1. The first-order chi connectivity index (χ1) is 14.5. The molecule has 1 atom stereocenters. The summed E-state index contributed by atoms with van der Waals surface area (Å²) >= 11 is 0. The number of benzene rings is 3.